The Morgan fingerprint density at radius 2 is 2.05 bits per heavy atom. The number of carbonyl (C=O) groups excluding carboxylic acids is 1. The number of halogens is 1. The zero-order valence-electron chi connectivity index (χ0n) is 12.0. The molecule has 2 N–H and O–H groups in total. The van der Waals surface area contributed by atoms with Gasteiger partial charge in [0.1, 0.15) is 5.82 Å². The SMILES string of the molecule is O=C(NCC1CC1)NC(c1ccc(F)cc1)C1CCCO1. The second-order valence-corrected chi connectivity index (χ2v) is 5.88. The Balaban J connectivity index is 1.65. The third kappa shape index (κ3) is 3.94. The van der Waals surface area contributed by atoms with Gasteiger partial charge in [0.15, 0.2) is 0 Å². The van der Waals surface area contributed by atoms with E-state index in [9.17, 15) is 9.18 Å². The fourth-order valence-corrected chi connectivity index (χ4v) is 2.68. The standard InChI is InChI=1S/C16H21FN2O2/c17-13-7-5-12(6-8-13)15(14-2-1-9-21-14)19-16(20)18-10-11-3-4-11/h5-8,11,14-15H,1-4,9-10H2,(H2,18,19,20). The molecule has 1 aliphatic carbocycles. The Morgan fingerprint density at radius 3 is 2.67 bits per heavy atom. The lowest BCUT2D eigenvalue weighted by atomic mass is 9.99. The first-order chi connectivity index (χ1) is 10.2. The van der Waals surface area contributed by atoms with Crippen molar-refractivity contribution in [2.75, 3.05) is 13.2 Å². The zero-order chi connectivity index (χ0) is 14.7. The van der Waals surface area contributed by atoms with E-state index in [4.69, 9.17) is 4.74 Å². The molecular formula is C16H21FN2O2. The molecule has 2 aliphatic rings. The van der Waals surface area contributed by atoms with Crippen molar-refractivity contribution in [1.82, 2.24) is 10.6 Å². The number of nitrogens with one attached hydrogen (secondary N) is 2. The maximum Gasteiger partial charge on any atom is 0.315 e. The molecule has 1 aromatic rings. The summed E-state index contributed by atoms with van der Waals surface area (Å²) in [6.45, 7) is 1.45. The summed E-state index contributed by atoms with van der Waals surface area (Å²) in [7, 11) is 0. The van der Waals surface area contributed by atoms with Crippen molar-refractivity contribution in [2.45, 2.75) is 37.8 Å². The molecule has 5 heteroatoms. The number of urea groups is 1. The Bertz CT molecular complexity index is 482. The van der Waals surface area contributed by atoms with E-state index in [1.54, 1.807) is 12.1 Å². The van der Waals surface area contributed by atoms with E-state index in [2.05, 4.69) is 10.6 Å². The Morgan fingerprint density at radius 1 is 1.29 bits per heavy atom. The average molecular weight is 292 g/mol. The Hall–Kier alpha value is -1.62. The van der Waals surface area contributed by atoms with Gasteiger partial charge in [-0.2, -0.15) is 0 Å². The fourth-order valence-electron chi connectivity index (χ4n) is 2.68. The minimum Gasteiger partial charge on any atom is -0.376 e. The van der Waals surface area contributed by atoms with Gasteiger partial charge in [0.05, 0.1) is 12.1 Å². The molecule has 0 bridgehead atoms. The largest absolute Gasteiger partial charge is 0.376 e. The third-order valence-electron chi connectivity index (χ3n) is 4.10. The summed E-state index contributed by atoms with van der Waals surface area (Å²) in [5, 5.41) is 5.88. The number of carbonyl (C=O) groups is 1. The number of benzene rings is 1. The molecule has 21 heavy (non-hydrogen) atoms. The highest BCUT2D eigenvalue weighted by atomic mass is 19.1. The van der Waals surface area contributed by atoms with Gasteiger partial charge < -0.3 is 15.4 Å². The van der Waals surface area contributed by atoms with Crippen molar-refractivity contribution >= 4 is 6.03 Å². The average Bonchev–Trinajstić information content (AvgIpc) is 3.16. The van der Waals surface area contributed by atoms with Crippen molar-refractivity contribution < 1.29 is 13.9 Å². The van der Waals surface area contributed by atoms with Gasteiger partial charge in [-0.1, -0.05) is 12.1 Å². The van der Waals surface area contributed by atoms with Crippen LogP contribution in [0, 0.1) is 11.7 Å². The zero-order valence-corrected chi connectivity index (χ0v) is 12.0. The van der Waals surface area contributed by atoms with Crippen molar-refractivity contribution in [2.24, 2.45) is 5.92 Å². The number of ether oxygens (including phenoxy) is 1. The first-order valence-corrected chi connectivity index (χ1v) is 7.64. The van der Waals surface area contributed by atoms with Gasteiger partial charge in [-0.15, -0.1) is 0 Å². The quantitative estimate of drug-likeness (QED) is 0.876. The monoisotopic (exact) mass is 292 g/mol. The van der Waals surface area contributed by atoms with Crippen molar-refractivity contribution in [3.8, 4) is 0 Å². The highest BCUT2D eigenvalue weighted by molar-refractivity contribution is 5.74. The summed E-state index contributed by atoms with van der Waals surface area (Å²) in [5.41, 5.74) is 0.880. The lowest BCUT2D eigenvalue weighted by molar-refractivity contribution is 0.0807. The van der Waals surface area contributed by atoms with E-state index in [1.165, 1.54) is 25.0 Å². The Labute approximate surface area is 124 Å². The van der Waals surface area contributed by atoms with Crippen LogP contribution in [0.3, 0.4) is 0 Å². The molecule has 2 unspecified atom stereocenters. The van der Waals surface area contributed by atoms with Gasteiger partial charge in [0.2, 0.25) is 0 Å². The summed E-state index contributed by atoms with van der Waals surface area (Å²) in [6, 6.07) is 5.85. The topological polar surface area (TPSA) is 50.4 Å². The van der Waals surface area contributed by atoms with E-state index in [0.717, 1.165) is 24.9 Å². The maximum absolute atomic E-state index is 13.1. The Kier molecular flexibility index (Phi) is 4.39. The molecule has 0 radical (unpaired) electrons. The molecular weight excluding hydrogens is 271 g/mol. The molecule has 2 amide bonds. The molecule has 4 nitrogen and oxygen atoms in total. The summed E-state index contributed by atoms with van der Waals surface area (Å²) in [5.74, 6) is 0.366. The summed E-state index contributed by atoms with van der Waals surface area (Å²) >= 11 is 0. The van der Waals surface area contributed by atoms with E-state index < -0.39 is 0 Å². The van der Waals surface area contributed by atoms with Gasteiger partial charge >= 0.3 is 6.03 Å². The predicted molar refractivity (Wildman–Crippen MR) is 77.4 cm³/mol. The second kappa shape index (κ2) is 6.43. The van der Waals surface area contributed by atoms with Crippen LogP contribution in [-0.4, -0.2) is 25.3 Å². The van der Waals surface area contributed by atoms with Crippen LogP contribution in [0.5, 0.6) is 0 Å². The lowest BCUT2D eigenvalue weighted by Gasteiger charge is -2.25. The van der Waals surface area contributed by atoms with Crippen LogP contribution in [0.1, 0.15) is 37.3 Å². The third-order valence-corrected chi connectivity index (χ3v) is 4.10. The molecule has 114 valence electrons. The molecule has 1 aliphatic heterocycles. The number of hydrogen-bond acceptors (Lipinski definition) is 2. The molecule has 1 saturated heterocycles. The van der Waals surface area contributed by atoms with E-state index in [1.807, 2.05) is 0 Å². The van der Waals surface area contributed by atoms with Crippen molar-refractivity contribution in [1.29, 1.82) is 0 Å². The number of rotatable bonds is 5. The molecule has 0 spiro atoms. The molecule has 3 rings (SSSR count). The fraction of sp³-hybridized carbons (Fsp3) is 0.562. The van der Waals surface area contributed by atoms with Gasteiger partial charge in [-0.25, -0.2) is 9.18 Å². The predicted octanol–water partition coefficient (Wildman–Crippen LogP) is 2.76. The van der Waals surface area contributed by atoms with Crippen LogP contribution < -0.4 is 10.6 Å². The van der Waals surface area contributed by atoms with Gasteiger partial charge in [0.25, 0.3) is 0 Å². The lowest BCUT2D eigenvalue weighted by Crippen LogP contribution is -2.42. The van der Waals surface area contributed by atoms with Crippen LogP contribution in [0.15, 0.2) is 24.3 Å². The van der Waals surface area contributed by atoms with Crippen LogP contribution >= 0.6 is 0 Å². The first-order valence-electron chi connectivity index (χ1n) is 7.64. The van der Waals surface area contributed by atoms with Crippen molar-refractivity contribution in [3.05, 3.63) is 35.6 Å². The van der Waals surface area contributed by atoms with Crippen LogP contribution in [-0.2, 0) is 4.74 Å². The molecule has 1 heterocycles. The molecule has 0 aromatic heterocycles. The van der Waals surface area contributed by atoms with Crippen LogP contribution in [0.2, 0.25) is 0 Å². The number of amides is 2. The van der Waals surface area contributed by atoms with E-state index >= 15 is 0 Å². The van der Waals surface area contributed by atoms with Crippen molar-refractivity contribution in [3.63, 3.8) is 0 Å². The summed E-state index contributed by atoms with van der Waals surface area (Å²) in [4.78, 5) is 12.0. The maximum atomic E-state index is 13.1. The van der Waals surface area contributed by atoms with Crippen LogP contribution in [0.25, 0.3) is 0 Å². The highest BCUT2D eigenvalue weighted by Gasteiger charge is 2.29. The summed E-state index contributed by atoms with van der Waals surface area (Å²) < 4.78 is 18.8. The molecule has 1 saturated carbocycles. The second-order valence-electron chi connectivity index (χ2n) is 5.88. The van der Waals surface area contributed by atoms with E-state index in [-0.39, 0.29) is 24.0 Å². The number of hydrogen-bond donors (Lipinski definition) is 2. The van der Waals surface area contributed by atoms with Gasteiger partial charge in [0, 0.05) is 13.2 Å². The highest BCUT2D eigenvalue weighted by Crippen LogP contribution is 2.28. The van der Waals surface area contributed by atoms with Crippen LogP contribution in [0.4, 0.5) is 9.18 Å². The molecule has 2 atom stereocenters. The minimum absolute atomic E-state index is 0.0397. The summed E-state index contributed by atoms with van der Waals surface area (Å²) in [6.07, 6.45) is 4.27. The smallest absolute Gasteiger partial charge is 0.315 e. The molecule has 2 fully saturated rings. The van der Waals surface area contributed by atoms with Gasteiger partial charge in [-0.3, -0.25) is 0 Å². The molecule has 1 aromatic carbocycles. The minimum atomic E-state index is -0.275. The van der Waals surface area contributed by atoms with E-state index in [0.29, 0.717) is 12.5 Å². The van der Waals surface area contributed by atoms with Gasteiger partial charge in [-0.05, 0) is 49.3 Å². The normalized spacial score (nSPS) is 22.8. The first kappa shape index (κ1) is 14.3.